The highest BCUT2D eigenvalue weighted by molar-refractivity contribution is 6.51. The fourth-order valence-electron chi connectivity index (χ4n) is 4.31. The fraction of sp³-hybridized carbons (Fsp3) is 0.222. The summed E-state index contributed by atoms with van der Waals surface area (Å²) in [6, 6.07) is 9.72. The Morgan fingerprint density at radius 1 is 1.20 bits per heavy atom. The lowest BCUT2D eigenvalue weighted by Gasteiger charge is -2.25. The van der Waals surface area contributed by atoms with E-state index < -0.39 is 23.5 Å². The molecule has 2 heterocycles. The Bertz CT molecular complexity index is 1350. The van der Waals surface area contributed by atoms with Crippen LogP contribution in [0.25, 0.3) is 5.76 Å². The number of pyridine rings is 1. The van der Waals surface area contributed by atoms with Gasteiger partial charge in [-0.25, -0.2) is 4.39 Å². The average Bonchev–Trinajstić information content (AvgIpc) is 3.11. The molecule has 1 atom stereocenters. The van der Waals surface area contributed by atoms with Crippen LogP contribution in [0.1, 0.15) is 48.1 Å². The third-order valence-corrected chi connectivity index (χ3v) is 6.37. The van der Waals surface area contributed by atoms with Gasteiger partial charge in [-0.3, -0.25) is 19.5 Å². The van der Waals surface area contributed by atoms with Crippen LogP contribution in [0.15, 0.2) is 60.4 Å². The maximum atomic E-state index is 13.8. The van der Waals surface area contributed by atoms with E-state index in [9.17, 15) is 19.1 Å². The Labute approximate surface area is 207 Å². The summed E-state index contributed by atoms with van der Waals surface area (Å²) < 4.78 is 19.3. The molecule has 0 aliphatic carbocycles. The maximum absolute atomic E-state index is 13.8. The van der Waals surface area contributed by atoms with Gasteiger partial charge in [0.05, 0.1) is 23.7 Å². The minimum atomic E-state index is -0.991. The number of ketones is 1. The SMILES string of the molecule is COc1cc(C)c(/C(O)=C2\C(=O)C(=O)N(c3ccc(F)c(Cl)c3)C2c2cccnc2)cc1C(C)C. The molecule has 1 aliphatic heterocycles. The topological polar surface area (TPSA) is 79.7 Å². The first-order chi connectivity index (χ1) is 16.6. The van der Waals surface area contributed by atoms with E-state index in [0.717, 1.165) is 11.6 Å². The van der Waals surface area contributed by atoms with Gasteiger partial charge >= 0.3 is 0 Å². The van der Waals surface area contributed by atoms with Crippen LogP contribution in [0, 0.1) is 12.7 Å². The Morgan fingerprint density at radius 2 is 1.94 bits per heavy atom. The number of methoxy groups -OCH3 is 1. The lowest BCUT2D eigenvalue weighted by Crippen LogP contribution is -2.29. The van der Waals surface area contributed by atoms with E-state index in [-0.39, 0.29) is 28.0 Å². The number of carbonyl (C=O) groups excluding carboxylic acids is 2. The Hall–Kier alpha value is -3.71. The van der Waals surface area contributed by atoms with Gasteiger partial charge in [0.2, 0.25) is 0 Å². The molecule has 0 bridgehead atoms. The number of amides is 1. The molecule has 1 amide bonds. The zero-order valence-electron chi connectivity index (χ0n) is 19.7. The average molecular weight is 495 g/mol. The van der Waals surface area contributed by atoms with Crippen molar-refractivity contribution < 1.29 is 23.8 Å². The highest BCUT2D eigenvalue weighted by Gasteiger charge is 2.47. The van der Waals surface area contributed by atoms with E-state index in [1.54, 1.807) is 44.5 Å². The van der Waals surface area contributed by atoms with Gasteiger partial charge in [0.1, 0.15) is 17.3 Å². The first-order valence-corrected chi connectivity index (χ1v) is 11.4. The van der Waals surface area contributed by atoms with Gasteiger partial charge in [0.25, 0.3) is 11.7 Å². The van der Waals surface area contributed by atoms with Gasteiger partial charge in [-0.05, 0) is 65.9 Å². The smallest absolute Gasteiger partial charge is 0.300 e. The second-order valence-electron chi connectivity index (χ2n) is 8.62. The Balaban J connectivity index is 1.98. The fourth-order valence-corrected chi connectivity index (χ4v) is 4.49. The molecular weight excluding hydrogens is 471 g/mol. The van der Waals surface area contributed by atoms with Crippen molar-refractivity contribution in [3.63, 3.8) is 0 Å². The maximum Gasteiger partial charge on any atom is 0.300 e. The zero-order chi connectivity index (χ0) is 25.4. The van der Waals surface area contributed by atoms with Gasteiger partial charge in [-0.1, -0.05) is 31.5 Å². The van der Waals surface area contributed by atoms with Crippen molar-refractivity contribution in [3.05, 3.63) is 93.5 Å². The molecule has 1 fully saturated rings. The first-order valence-electron chi connectivity index (χ1n) is 11.0. The number of ether oxygens (including phenoxy) is 1. The molecular formula is C27H24ClFN2O4. The minimum absolute atomic E-state index is 0.0787. The zero-order valence-corrected chi connectivity index (χ0v) is 20.4. The molecule has 0 saturated carbocycles. The predicted molar refractivity (Wildman–Crippen MR) is 132 cm³/mol. The molecule has 2 aromatic carbocycles. The Kier molecular flexibility index (Phi) is 6.63. The molecule has 1 aliphatic rings. The van der Waals surface area contributed by atoms with Gasteiger partial charge in [0.15, 0.2) is 0 Å². The first kappa shape index (κ1) is 24.4. The molecule has 180 valence electrons. The molecule has 1 N–H and O–H groups in total. The number of hydrogen-bond acceptors (Lipinski definition) is 5. The van der Waals surface area contributed by atoms with Crippen molar-refractivity contribution in [1.29, 1.82) is 0 Å². The van der Waals surface area contributed by atoms with Crippen LogP contribution in [0.3, 0.4) is 0 Å². The van der Waals surface area contributed by atoms with E-state index in [4.69, 9.17) is 16.3 Å². The summed E-state index contributed by atoms with van der Waals surface area (Å²) in [5.74, 6) is -1.94. The number of nitrogens with zero attached hydrogens (tertiary/aromatic N) is 2. The number of aliphatic hydroxyl groups excluding tert-OH is 1. The summed E-state index contributed by atoms with van der Waals surface area (Å²) in [6.07, 6.45) is 3.08. The van der Waals surface area contributed by atoms with Crippen molar-refractivity contribution in [2.24, 2.45) is 0 Å². The van der Waals surface area contributed by atoms with Crippen LogP contribution in [-0.2, 0) is 9.59 Å². The van der Waals surface area contributed by atoms with Crippen LogP contribution in [-0.4, -0.2) is 28.9 Å². The number of benzene rings is 2. The van der Waals surface area contributed by atoms with Crippen LogP contribution in [0.5, 0.6) is 5.75 Å². The van der Waals surface area contributed by atoms with E-state index in [2.05, 4.69) is 4.98 Å². The standard InChI is InChI=1S/C27H24ClFN2O4/c1-14(2)18-12-19(15(3)10-22(18)35-4)25(32)23-24(16-6-5-9-30-13-16)31(27(34)26(23)33)17-7-8-21(29)20(28)11-17/h5-14,24,32H,1-4H3/b25-23+. The van der Waals surface area contributed by atoms with E-state index in [0.29, 0.717) is 22.4 Å². The second-order valence-corrected chi connectivity index (χ2v) is 9.02. The number of anilines is 1. The predicted octanol–water partition coefficient (Wildman–Crippen LogP) is 5.94. The quantitative estimate of drug-likeness (QED) is 0.270. The molecule has 35 heavy (non-hydrogen) atoms. The highest BCUT2D eigenvalue weighted by atomic mass is 35.5. The molecule has 1 aromatic heterocycles. The van der Waals surface area contributed by atoms with Crippen molar-refractivity contribution in [2.45, 2.75) is 32.7 Å². The van der Waals surface area contributed by atoms with Crippen molar-refractivity contribution in [2.75, 3.05) is 12.0 Å². The number of hydrogen-bond donors (Lipinski definition) is 1. The summed E-state index contributed by atoms with van der Waals surface area (Å²) in [7, 11) is 1.57. The molecule has 0 radical (unpaired) electrons. The molecule has 1 saturated heterocycles. The summed E-state index contributed by atoms with van der Waals surface area (Å²) in [5, 5.41) is 11.3. The van der Waals surface area contributed by atoms with E-state index in [1.807, 2.05) is 13.8 Å². The van der Waals surface area contributed by atoms with Gasteiger partial charge < -0.3 is 9.84 Å². The molecule has 8 heteroatoms. The molecule has 6 nitrogen and oxygen atoms in total. The molecule has 0 spiro atoms. The summed E-state index contributed by atoms with van der Waals surface area (Å²) in [4.78, 5) is 31.9. The second kappa shape index (κ2) is 9.50. The van der Waals surface area contributed by atoms with Crippen molar-refractivity contribution in [3.8, 4) is 5.75 Å². The van der Waals surface area contributed by atoms with Gasteiger partial charge in [0, 0.05) is 23.6 Å². The summed E-state index contributed by atoms with van der Waals surface area (Å²) >= 11 is 5.98. The third-order valence-electron chi connectivity index (χ3n) is 6.08. The van der Waals surface area contributed by atoms with Crippen molar-refractivity contribution in [1.82, 2.24) is 4.98 Å². The third kappa shape index (κ3) is 4.28. The largest absolute Gasteiger partial charge is 0.507 e. The molecule has 3 aromatic rings. The summed E-state index contributed by atoms with van der Waals surface area (Å²) in [5.41, 5.74) is 2.57. The number of rotatable bonds is 5. The summed E-state index contributed by atoms with van der Waals surface area (Å²) in [6.45, 7) is 5.77. The van der Waals surface area contributed by atoms with Crippen LogP contribution >= 0.6 is 11.6 Å². The monoisotopic (exact) mass is 494 g/mol. The number of aliphatic hydroxyl groups is 1. The highest BCUT2D eigenvalue weighted by Crippen LogP contribution is 2.43. The minimum Gasteiger partial charge on any atom is -0.507 e. The normalized spacial score (nSPS) is 17.3. The van der Waals surface area contributed by atoms with Gasteiger partial charge in [-0.15, -0.1) is 0 Å². The van der Waals surface area contributed by atoms with Crippen LogP contribution in [0.4, 0.5) is 10.1 Å². The van der Waals surface area contributed by atoms with Crippen LogP contribution in [0.2, 0.25) is 5.02 Å². The lowest BCUT2D eigenvalue weighted by atomic mass is 9.91. The number of carbonyl (C=O) groups is 2. The molecule has 1 unspecified atom stereocenters. The van der Waals surface area contributed by atoms with Crippen molar-refractivity contribution >= 4 is 34.7 Å². The molecule has 4 rings (SSSR count). The Morgan fingerprint density at radius 3 is 2.54 bits per heavy atom. The number of Topliss-reactive ketones (excluding diaryl/α,β-unsaturated/α-hetero) is 1. The van der Waals surface area contributed by atoms with Crippen LogP contribution < -0.4 is 9.64 Å². The number of aryl methyl sites for hydroxylation is 1. The van der Waals surface area contributed by atoms with E-state index in [1.165, 1.54) is 23.2 Å². The van der Waals surface area contributed by atoms with Gasteiger partial charge in [-0.2, -0.15) is 0 Å². The number of halogens is 2. The van der Waals surface area contributed by atoms with E-state index >= 15 is 0 Å². The lowest BCUT2D eigenvalue weighted by molar-refractivity contribution is -0.132. The number of aromatic nitrogens is 1.